The third kappa shape index (κ3) is 4.01. The van der Waals surface area contributed by atoms with E-state index in [1.165, 1.54) is 22.9 Å². The summed E-state index contributed by atoms with van der Waals surface area (Å²) in [7, 11) is 1.62. The van der Waals surface area contributed by atoms with Gasteiger partial charge in [-0.3, -0.25) is 9.59 Å². The van der Waals surface area contributed by atoms with Gasteiger partial charge in [0.05, 0.1) is 17.7 Å². The molecule has 0 aliphatic carbocycles. The van der Waals surface area contributed by atoms with E-state index in [-0.39, 0.29) is 11.8 Å². The van der Waals surface area contributed by atoms with Gasteiger partial charge in [0.2, 0.25) is 0 Å². The van der Waals surface area contributed by atoms with Crippen molar-refractivity contribution in [1.29, 1.82) is 0 Å². The Kier molecular flexibility index (Phi) is 5.45. The molecule has 6 heteroatoms. The molecule has 3 aromatic carbocycles. The van der Waals surface area contributed by atoms with E-state index < -0.39 is 0 Å². The largest absolute Gasteiger partial charge is 0.497 e. The maximum atomic E-state index is 13.1. The quantitative estimate of drug-likeness (QED) is 0.582. The van der Waals surface area contributed by atoms with Crippen molar-refractivity contribution in [1.82, 2.24) is 4.90 Å². The molecule has 2 amide bonds. The molecule has 0 spiro atoms. The lowest BCUT2D eigenvalue weighted by Gasteiger charge is -2.29. The number of hydrogen-bond acceptors (Lipinski definition) is 4. The van der Waals surface area contributed by atoms with Crippen molar-refractivity contribution >= 4 is 35.3 Å². The van der Waals surface area contributed by atoms with Gasteiger partial charge in [0.1, 0.15) is 5.75 Å². The molecule has 0 saturated heterocycles. The number of anilines is 1. The van der Waals surface area contributed by atoms with Crippen LogP contribution in [0.5, 0.6) is 5.75 Å². The average molecular weight is 443 g/mol. The molecule has 5 nitrogen and oxygen atoms in total. The predicted octanol–water partition coefficient (Wildman–Crippen LogP) is 4.98. The maximum Gasteiger partial charge on any atom is 0.262 e. The second-order valence-electron chi connectivity index (χ2n) is 7.79. The Morgan fingerprint density at radius 2 is 1.84 bits per heavy atom. The fraction of sp³-hybridized carbons (Fsp3) is 0.154. The second-order valence-corrected chi connectivity index (χ2v) is 8.88. The fourth-order valence-electron chi connectivity index (χ4n) is 4.00. The van der Waals surface area contributed by atoms with E-state index in [4.69, 9.17) is 4.74 Å². The standard InChI is InChI=1S/C26H22N2O3S/c1-31-21-9-6-17(7-10-21)14-24-25(29)27-22-15-19(8-11-23(22)32-24)26(30)28-13-12-18-4-2-3-5-20(18)16-28/h2-11,14-15H,12-13,16H2,1H3,(H,27,29). The highest BCUT2D eigenvalue weighted by atomic mass is 32.2. The minimum Gasteiger partial charge on any atom is -0.497 e. The lowest BCUT2D eigenvalue weighted by molar-refractivity contribution is -0.112. The minimum atomic E-state index is -0.171. The van der Waals surface area contributed by atoms with Crippen LogP contribution in [0.15, 0.2) is 76.5 Å². The number of carbonyl (C=O) groups is 2. The van der Waals surface area contributed by atoms with Crippen molar-refractivity contribution in [3.63, 3.8) is 0 Å². The number of nitrogens with zero attached hydrogens (tertiary/aromatic N) is 1. The van der Waals surface area contributed by atoms with Gasteiger partial charge in [0, 0.05) is 23.5 Å². The third-order valence-electron chi connectivity index (χ3n) is 5.75. The van der Waals surface area contributed by atoms with E-state index in [2.05, 4.69) is 17.4 Å². The number of rotatable bonds is 3. The highest BCUT2D eigenvalue weighted by Gasteiger charge is 2.25. The van der Waals surface area contributed by atoms with Gasteiger partial charge in [-0.05, 0) is 59.5 Å². The summed E-state index contributed by atoms with van der Waals surface area (Å²) in [5, 5.41) is 2.94. The highest BCUT2D eigenvalue weighted by Crippen LogP contribution is 2.39. The Labute approximate surface area is 191 Å². The van der Waals surface area contributed by atoms with Crippen LogP contribution in [0.25, 0.3) is 6.08 Å². The van der Waals surface area contributed by atoms with Gasteiger partial charge in [-0.2, -0.15) is 0 Å². The number of ether oxygens (including phenoxy) is 1. The summed E-state index contributed by atoms with van der Waals surface area (Å²) in [5.41, 5.74) is 4.69. The lowest BCUT2D eigenvalue weighted by atomic mass is 9.99. The maximum absolute atomic E-state index is 13.1. The molecule has 2 aliphatic rings. The average Bonchev–Trinajstić information content (AvgIpc) is 2.84. The molecule has 2 heterocycles. The zero-order chi connectivity index (χ0) is 22.1. The molecule has 5 rings (SSSR count). The molecule has 32 heavy (non-hydrogen) atoms. The first-order valence-corrected chi connectivity index (χ1v) is 11.3. The molecule has 0 unspecified atom stereocenters. The molecule has 0 radical (unpaired) electrons. The first-order valence-electron chi connectivity index (χ1n) is 10.5. The van der Waals surface area contributed by atoms with Gasteiger partial charge in [-0.15, -0.1) is 0 Å². The molecular formula is C26H22N2O3S. The zero-order valence-corrected chi connectivity index (χ0v) is 18.4. The van der Waals surface area contributed by atoms with Crippen molar-refractivity contribution < 1.29 is 14.3 Å². The Hall–Kier alpha value is -3.51. The summed E-state index contributed by atoms with van der Waals surface area (Å²) >= 11 is 1.41. The van der Waals surface area contributed by atoms with E-state index in [0.29, 0.717) is 29.2 Å². The normalized spacial score (nSPS) is 16.2. The number of fused-ring (bicyclic) bond motifs is 2. The van der Waals surface area contributed by atoms with Crippen molar-refractivity contribution in [3.8, 4) is 5.75 Å². The summed E-state index contributed by atoms with van der Waals surface area (Å²) in [6, 6.07) is 21.3. The second kappa shape index (κ2) is 8.55. The number of carbonyl (C=O) groups excluding carboxylic acids is 2. The van der Waals surface area contributed by atoms with Crippen LogP contribution < -0.4 is 10.1 Å². The number of nitrogens with one attached hydrogen (secondary N) is 1. The Balaban J connectivity index is 1.34. The van der Waals surface area contributed by atoms with Gasteiger partial charge in [-0.1, -0.05) is 48.2 Å². The van der Waals surface area contributed by atoms with Gasteiger partial charge in [-0.25, -0.2) is 0 Å². The zero-order valence-electron chi connectivity index (χ0n) is 17.6. The molecule has 1 N–H and O–H groups in total. The predicted molar refractivity (Wildman–Crippen MR) is 127 cm³/mol. The molecule has 3 aromatic rings. The van der Waals surface area contributed by atoms with E-state index in [0.717, 1.165) is 22.6 Å². The van der Waals surface area contributed by atoms with E-state index in [9.17, 15) is 9.59 Å². The van der Waals surface area contributed by atoms with Crippen LogP contribution in [0.4, 0.5) is 5.69 Å². The van der Waals surface area contributed by atoms with Crippen molar-refractivity contribution in [2.45, 2.75) is 17.9 Å². The number of benzene rings is 3. The van der Waals surface area contributed by atoms with Crippen molar-refractivity contribution in [2.75, 3.05) is 19.0 Å². The molecule has 0 bridgehead atoms. The molecule has 0 saturated carbocycles. The van der Waals surface area contributed by atoms with Crippen LogP contribution in [-0.2, 0) is 17.8 Å². The third-order valence-corrected chi connectivity index (χ3v) is 6.85. The summed E-state index contributed by atoms with van der Waals surface area (Å²) in [5.74, 6) is 0.587. The summed E-state index contributed by atoms with van der Waals surface area (Å²) in [4.78, 5) is 29.2. The van der Waals surface area contributed by atoms with Crippen LogP contribution in [0.3, 0.4) is 0 Å². The van der Waals surface area contributed by atoms with Gasteiger partial charge >= 0.3 is 0 Å². The van der Waals surface area contributed by atoms with E-state index >= 15 is 0 Å². The minimum absolute atomic E-state index is 0.0128. The molecule has 160 valence electrons. The smallest absolute Gasteiger partial charge is 0.262 e. The van der Waals surface area contributed by atoms with Crippen LogP contribution >= 0.6 is 11.8 Å². The Morgan fingerprint density at radius 3 is 2.62 bits per heavy atom. The van der Waals surface area contributed by atoms with Crippen LogP contribution in [-0.4, -0.2) is 30.4 Å². The van der Waals surface area contributed by atoms with Gasteiger partial charge in [0.25, 0.3) is 11.8 Å². The SMILES string of the molecule is COc1ccc(C=C2Sc3ccc(C(=O)N4CCc5ccccc5C4)cc3NC2=O)cc1. The first-order chi connectivity index (χ1) is 15.6. The van der Waals surface area contributed by atoms with Crippen LogP contribution in [0.1, 0.15) is 27.0 Å². The summed E-state index contributed by atoms with van der Waals surface area (Å²) in [6.45, 7) is 1.31. The Morgan fingerprint density at radius 1 is 1.06 bits per heavy atom. The Bertz CT molecular complexity index is 1230. The number of hydrogen-bond donors (Lipinski definition) is 1. The van der Waals surface area contributed by atoms with Gasteiger partial charge in [0.15, 0.2) is 0 Å². The fourth-order valence-corrected chi connectivity index (χ4v) is 4.93. The summed E-state index contributed by atoms with van der Waals surface area (Å²) < 4.78 is 5.18. The summed E-state index contributed by atoms with van der Waals surface area (Å²) in [6.07, 6.45) is 2.71. The first kappa shape index (κ1) is 20.4. The van der Waals surface area contributed by atoms with Crippen LogP contribution in [0, 0.1) is 0 Å². The number of thioether (sulfide) groups is 1. The molecule has 0 aromatic heterocycles. The van der Waals surface area contributed by atoms with E-state index in [1.807, 2.05) is 59.5 Å². The molecule has 0 atom stereocenters. The number of amides is 2. The van der Waals surface area contributed by atoms with Crippen molar-refractivity contribution in [2.24, 2.45) is 0 Å². The lowest BCUT2D eigenvalue weighted by Crippen LogP contribution is -2.36. The van der Waals surface area contributed by atoms with Crippen molar-refractivity contribution in [3.05, 3.63) is 93.9 Å². The topological polar surface area (TPSA) is 58.6 Å². The highest BCUT2D eigenvalue weighted by molar-refractivity contribution is 8.04. The monoisotopic (exact) mass is 442 g/mol. The molecule has 0 fully saturated rings. The van der Waals surface area contributed by atoms with Crippen LogP contribution in [0.2, 0.25) is 0 Å². The number of methoxy groups -OCH3 is 1. The molecule has 2 aliphatic heterocycles. The van der Waals surface area contributed by atoms with E-state index in [1.54, 1.807) is 13.2 Å². The molecular weight excluding hydrogens is 420 g/mol. The van der Waals surface area contributed by atoms with Gasteiger partial charge < -0.3 is 15.0 Å².